The number of phenols is 3. The molecule has 0 aliphatic rings. The fraction of sp³-hybridized carbons (Fsp3) is 0.200. The molecule has 4 aromatic carbocycles. The van der Waals surface area contributed by atoms with E-state index in [-0.39, 0.29) is 17.2 Å². The third-order valence-corrected chi connectivity index (χ3v) is 6.84. The molecule has 4 rings (SSSR count). The lowest BCUT2D eigenvalue weighted by molar-refractivity contribution is 0.457. The van der Waals surface area contributed by atoms with Gasteiger partial charge in [0, 0.05) is 0 Å². The van der Waals surface area contributed by atoms with Gasteiger partial charge in [0.1, 0.15) is 23.0 Å². The molecule has 5 nitrogen and oxygen atoms in total. The van der Waals surface area contributed by atoms with Gasteiger partial charge in [0.05, 0.1) is 17.1 Å². The SMILES string of the molecule is Cc1ccc(O)c(N(c2ccccc2Oc2ccc(O)c(C)c2C)c2c(O)ccc(C)c2C)c1C. The minimum atomic E-state index is 0.0971. The standard InChI is InChI=1S/C30H31NO4/c1-17-11-13-25(33)29(19(17)3)31(30-20(4)18(2)12-14-26(30)34)23-9-7-8-10-28(23)35-27-16-15-24(32)21(5)22(27)6/h7-16,32-34H,1-6H3. The van der Waals surface area contributed by atoms with E-state index in [1.54, 1.807) is 24.3 Å². The van der Waals surface area contributed by atoms with Crippen LogP contribution in [0, 0.1) is 41.5 Å². The summed E-state index contributed by atoms with van der Waals surface area (Å²) in [4.78, 5) is 1.87. The average Bonchev–Trinajstić information content (AvgIpc) is 2.84. The summed E-state index contributed by atoms with van der Waals surface area (Å²) in [5.41, 5.74) is 7.17. The molecule has 0 spiro atoms. The summed E-state index contributed by atoms with van der Waals surface area (Å²) in [6, 6.07) is 18.0. The van der Waals surface area contributed by atoms with E-state index in [0.29, 0.717) is 28.6 Å². The Morgan fingerprint density at radius 3 is 1.60 bits per heavy atom. The molecular formula is C30H31NO4. The predicted molar refractivity (Wildman–Crippen MR) is 141 cm³/mol. The molecule has 0 heterocycles. The Morgan fingerprint density at radius 1 is 0.514 bits per heavy atom. The van der Waals surface area contributed by atoms with Crippen LogP contribution in [0.15, 0.2) is 60.7 Å². The number of rotatable bonds is 5. The fourth-order valence-electron chi connectivity index (χ4n) is 4.23. The molecule has 0 saturated carbocycles. The van der Waals surface area contributed by atoms with Crippen molar-refractivity contribution >= 4 is 17.1 Å². The first kappa shape index (κ1) is 24.0. The summed E-state index contributed by atoms with van der Waals surface area (Å²) in [6.45, 7) is 11.6. The maximum absolute atomic E-state index is 11.1. The topological polar surface area (TPSA) is 73.2 Å². The van der Waals surface area contributed by atoms with Crippen molar-refractivity contribution in [2.75, 3.05) is 4.90 Å². The lowest BCUT2D eigenvalue weighted by atomic mass is 10.0. The predicted octanol–water partition coefficient (Wildman–Crippen LogP) is 7.92. The van der Waals surface area contributed by atoms with Crippen molar-refractivity contribution in [1.82, 2.24) is 0 Å². The molecule has 35 heavy (non-hydrogen) atoms. The van der Waals surface area contributed by atoms with Crippen molar-refractivity contribution in [2.45, 2.75) is 41.5 Å². The van der Waals surface area contributed by atoms with Crippen LogP contribution in [-0.2, 0) is 0 Å². The summed E-state index contributed by atoms with van der Waals surface area (Å²) in [7, 11) is 0. The number of benzene rings is 4. The first-order chi connectivity index (χ1) is 16.6. The van der Waals surface area contributed by atoms with Gasteiger partial charge in [-0.15, -0.1) is 0 Å². The number of phenolic OH excluding ortho intramolecular Hbond substituents is 3. The Morgan fingerprint density at radius 2 is 1.03 bits per heavy atom. The molecule has 0 aliphatic carbocycles. The van der Waals surface area contributed by atoms with Gasteiger partial charge in [-0.1, -0.05) is 24.3 Å². The molecule has 3 N–H and O–H groups in total. The van der Waals surface area contributed by atoms with Gasteiger partial charge >= 0.3 is 0 Å². The average molecular weight is 470 g/mol. The van der Waals surface area contributed by atoms with Crippen molar-refractivity contribution in [3.63, 3.8) is 0 Å². The summed E-state index contributed by atoms with van der Waals surface area (Å²) < 4.78 is 6.40. The summed E-state index contributed by atoms with van der Waals surface area (Å²) in [5, 5.41) is 32.2. The van der Waals surface area contributed by atoms with Gasteiger partial charge in [-0.05, 0) is 111 Å². The highest BCUT2D eigenvalue weighted by molar-refractivity contribution is 5.89. The van der Waals surface area contributed by atoms with E-state index in [1.165, 1.54) is 0 Å². The zero-order chi connectivity index (χ0) is 25.4. The van der Waals surface area contributed by atoms with Gasteiger partial charge in [0.25, 0.3) is 0 Å². The summed E-state index contributed by atoms with van der Waals surface area (Å²) in [6.07, 6.45) is 0. The number of aryl methyl sites for hydroxylation is 2. The van der Waals surface area contributed by atoms with Crippen molar-refractivity contribution in [3.8, 4) is 28.7 Å². The second-order valence-electron chi connectivity index (χ2n) is 8.99. The van der Waals surface area contributed by atoms with Gasteiger partial charge in [-0.25, -0.2) is 0 Å². The summed E-state index contributed by atoms with van der Waals surface area (Å²) >= 11 is 0. The smallest absolute Gasteiger partial charge is 0.151 e. The van der Waals surface area contributed by atoms with Crippen molar-refractivity contribution < 1.29 is 20.1 Å². The van der Waals surface area contributed by atoms with E-state index < -0.39 is 0 Å². The van der Waals surface area contributed by atoms with Crippen LogP contribution in [0.4, 0.5) is 17.1 Å². The second kappa shape index (κ2) is 9.26. The highest BCUT2D eigenvalue weighted by Crippen LogP contribution is 2.50. The van der Waals surface area contributed by atoms with Gasteiger partial charge < -0.3 is 20.1 Å². The van der Waals surface area contributed by atoms with Crippen LogP contribution >= 0.6 is 0 Å². The second-order valence-corrected chi connectivity index (χ2v) is 8.99. The van der Waals surface area contributed by atoms with Gasteiger partial charge in [-0.3, -0.25) is 4.90 Å². The van der Waals surface area contributed by atoms with E-state index in [1.807, 2.05) is 82.8 Å². The molecule has 0 saturated heterocycles. The number of ether oxygens (including phenoxy) is 1. The molecule has 0 bridgehead atoms. The van der Waals surface area contributed by atoms with E-state index in [2.05, 4.69) is 0 Å². The van der Waals surface area contributed by atoms with E-state index >= 15 is 0 Å². The quantitative estimate of drug-likeness (QED) is 0.277. The van der Waals surface area contributed by atoms with Crippen LogP contribution < -0.4 is 9.64 Å². The Hall–Kier alpha value is -4.12. The highest BCUT2D eigenvalue weighted by atomic mass is 16.5. The van der Waals surface area contributed by atoms with E-state index in [9.17, 15) is 15.3 Å². The zero-order valence-corrected chi connectivity index (χ0v) is 21.0. The van der Waals surface area contributed by atoms with Crippen LogP contribution in [0.5, 0.6) is 28.7 Å². The Kier molecular flexibility index (Phi) is 6.35. The minimum absolute atomic E-state index is 0.0971. The van der Waals surface area contributed by atoms with E-state index in [4.69, 9.17) is 4.74 Å². The molecule has 0 radical (unpaired) electrons. The van der Waals surface area contributed by atoms with Crippen molar-refractivity contribution in [2.24, 2.45) is 0 Å². The molecule has 0 atom stereocenters. The normalized spacial score (nSPS) is 10.9. The first-order valence-corrected chi connectivity index (χ1v) is 11.6. The van der Waals surface area contributed by atoms with Crippen LogP contribution in [0.3, 0.4) is 0 Å². The summed E-state index contributed by atoms with van der Waals surface area (Å²) in [5.74, 6) is 1.56. The third-order valence-electron chi connectivity index (χ3n) is 6.84. The first-order valence-electron chi connectivity index (χ1n) is 11.6. The van der Waals surface area contributed by atoms with Crippen LogP contribution in [0.25, 0.3) is 0 Å². The molecule has 5 heteroatoms. The van der Waals surface area contributed by atoms with Gasteiger partial charge in [0.2, 0.25) is 0 Å². The molecule has 180 valence electrons. The molecule has 0 amide bonds. The third kappa shape index (κ3) is 4.26. The maximum Gasteiger partial charge on any atom is 0.151 e. The number of aromatic hydroxyl groups is 3. The fourth-order valence-corrected chi connectivity index (χ4v) is 4.23. The Bertz CT molecular complexity index is 1370. The minimum Gasteiger partial charge on any atom is -0.508 e. The number of hydrogen-bond donors (Lipinski definition) is 3. The van der Waals surface area contributed by atoms with Crippen LogP contribution in [0.2, 0.25) is 0 Å². The van der Waals surface area contributed by atoms with E-state index in [0.717, 1.165) is 33.4 Å². The number of nitrogens with zero attached hydrogens (tertiary/aromatic N) is 1. The van der Waals surface area contributed by atoms with Crippen molar-refractivity contribution in [3.05, 3.63) is 94.0 Å². The molecule has 0 aliphatic heterocycles. The zero-order valence-electron chi connectivity index (χ0n) is 21.0. The monoisotopic (exact) mass is 469 g/mol. The molecule has 0 aromatic heterocycles. The molecule has 4 aromatic rings. The largest absolute Gasteiger partial charge is 0.508 e. The number of anilines is 3. The van der Waals surface area contributed by atoms with Crippen LogP contribution in [0.1, 0.15) is 33.4 Å². The van der Waals surface area contributed by atoms with Gasteiger partial charge in [-0.2, -0.15) is 0 Å². The Labute approximate surface area is 206 Å². The Balaban J connectivity index is 2.01. The molecule has 0 unspecified atom stereocenters. The number of para-hydroxylation sites is 2. The lowest BCUT2D eigenvalue weighted by Gasteiger charge is -2.32. The molecule has 0 fully saturated rings. The lowest BCUT2D eigenvalue weighted by Crippen LogP contribution is -2.15. The maximum atomic E-state index is 11.1. The van der Waals surface area contributed by atoms with Gasteiger partial charge in [0.15, 0.2) is 5.75 Å². The van der Waals surface area contributed by atoms with Crippen molar-refractivity contribution in [1.29, 1.82) is 0 Å². The molecular weight excluding hydrogens is 438 g/mol. The number of hydrogen-bond acceptors (Lipinski definition) is 5. The highest BCUT2D eigenvalue weighted by Gasteiger charge is 2.27. The van der Waals surface area contributed by atoms with Crippen LogP contribution in [-0.4, -0.2) is 15.3 Å².